The topological polar surface area (TPSA) is 67.2 Å². The zero-order valence-electron chi connectivity index (χ0n) is 13.0. The molecule has 1 N–H and O–H groups in total. The Morgan fingerprint density at radius 1 is 1.04 bits per heavy atom. The van der Waals surface area contributed by atoms with Crippen molar-refractivity contribution in [2.24, 2.45) is 0 Å². The largest absolute Gasteiger partial charge is 0.316 e. The van der Waals surface area contributed by atoms with Crippen LogP contribution in [0.1, 0.15) is 5.56 Å². The van der Waals surface area contributed by atoms with Gasteiger partial charge in [-0.15, -0.1) is 5.10 Å². The Hall–Kier alpha value is -2.64. The Morgan fingerprint density at radius 3 is 2.58 bits per heavy atom. The second-order valence-corrected chi connectivity index (χ2v) is 7.34. The summed E-state index contributed by atoms with van der Waals surface area (Å²) in [5.74, 6) is 0.396. The van der Waals surface area contributed by atoms with Gasteiger partial charge in [-0.05, 0) is 36.9 Å². The maximum Gasteiger partial charge on any atom is 0.270 e. The number of aromatic nitrogens is 2. The van der Waals surface area contributed by atoms with Crippen LogP contribution in [0.5, 0.6) is 0 Å². The summed E-state index contributed by atoms with van der Waals surface area (Å²) in [4.78, 5) is 0.242. The zero-order valence-corrected chi connectivity index (χ0v) is 13.9. The number of benzene rings is 2. The molecule has 1 aliphatic rings. The summed E-state index contributed by atoms with van der Waals surface area (Å²) in [6.45, 7) is 0.659. The molecule has 3 aromatic rings. The molecule has 0 aliphatic carbocycles. The number of hydrogen-bond acceptors (Lipinski definition) is 4. The molecule has 0 fully saturated rings. The van der Waals surface area contributed by atoms with Gasteiger partial charge in [-0.3, -0.25) is 0 Å². The minimum atomic E-state index is -3.74. The third-order valence-corrected chi connectivity index (χ3v) is 5.68. The van der Waals surface area contributed by atoms with Crippen molar-refractivity contribution < 1.29 is 8.42 Å². The van der Waals surface area contributed by atoms with Crippen molar-refractivity contribution in [2.75, 3.05) is 11.4 Å². The van der Waals surface area contributed by atoms with Gasteiger partial charge in [0.2, 0.25) is 0 Å². The number of sulfonamides is 1. The highest BCUT2D eigenvalue weighted by Gasteiger charge is 2.33. The van der Waals surface area contributed by atoms with Crippen LogP contribution < -0.4 is 9.62 Å². The normalized spacial score (nSPS) is 13.0. The fourth-order valence-electron chi connectivity index (χ4n) is 2.87. The molecule has 122 valence electrons. The average Bonchev–Trinajstić information content (AvgIpc) is 3.00. The van der Waals surface area contributed by atoms with E-state index in [1.54, 1.807) is 47.3 Å². The van der Waals surface area contributed by atoms with Crippen LogP contribution in [0.4, 0.5) is 11.5 Å². The molecule has 1 aromatic heterocycles. The number of anilines is 2. The summed E-state index contributed by atoms with van der Waals surface area (Å²) in [5.41, 5.74) is 2.36. The van der Waals surface area contributed by atoms with Crippen molar-refractivity contribution in [2.45, 2.75) is 11.4 Å². The van der Waals surface area contributed by atoms with Crippen LogP contribution >= 0.6 is 0 Å². The van der Waals surface area contributed by atoms with E-state index < -0.39 is 10.0 Å². The first kappa shape index (κ1) is 14.9. The van der Waals surface area contributed by atoms with Crippen LogP contribution in [-0.4, -0.2) is 25.2 Å². The fraction of sp³-hybridized carbons (Fsp3) is 0.118. The van der Waals surface area contributed by atoms with Crippen LogP contribution in [0, 0.1) is 0 Å². The van der Waals surface area contributed by atoms with Crippen LogP contribution in [0.25, 0.3) is 5.69 Å². The molecule has 7 heteroatoms. The maximum absolute atomic E-state index is 13.2. The molecule has 2 aromatic carbocycles. The molecule has 0 unspecified atom stereocenters. The second-order valence-electron chi connectivity index (χ2n) is 5.55. The first-order chi connectivity index (χ1) is 11.6. The minimum absolute atomic E-state index is 0.242. The summed E-state index contributed by atoms with van der Waals surface area (Å²) in [5, 5.41) is 7.44. The third kappa shape index (κ3) is 2.21. The van der Waals surface area contributed by atoms with Gasteiger partial charge in [0, 0.05) is 18.8 Å². The standard InChI is InChI=1S/C17H16N4O2S/c1-18-12-13-7-8-15-16(11-13)21(17-9-10-20(15)19-17)24(22,23)14-5-3-2-4-6-14/h2-11,18H,12H2,1H3. The Morgan fingerprint density at radius 2 is 1.83 bits per heavy atom. The summed E-state index contributed by atoms with van der Waals surface area (Å²) in [7, 11) is -1.88. The lowest BCUT2D eigenvalue weighted by Crippen LogP contribution is -2.30. The van der Waals surface area contributed by atoms with Gasteiger partial charge in [0.15, 0.2) is 5.82 Å². The highest BCUT2D eigenvalue weighted by atomic mass is 32.2. The molecule has 0 atom stereocenters. The van der Waals surface area contributed by atoms with E-state index >= 15 is 0 Å². The first-order valence-corrected chi connectivity index (χ1v) is 8.99. The highest BCUT2D eigenvalue weighted by molar-refractivity contribution is 7.93. The van der Waals surface area contributed by atoms with Gasteiger partial charge in [-0.25, -0.2) is 17.4 Å². The lowest BCUT2D eigenvalue weighted by Gasteiger charge is -2.27. The molecule has 4 rings (SSSR count). The van der Waals surface area contributed by atoms with E-state index in [4.69, 9.17) is 0 Å². The molecule has 6 nitrogen and oxygen atoms in total. The third-order valence-electron chi connectivity index (χ3n) is 3.95. The molecule has 2 bridgehead atoms. The van der Waals surface area contributed by atoms with Crippen LogP contribution in [0.3, 0.4) is 0 Å². The summed E-state index contributed by atoms with van der Waals surface area (Å²) in [6.07, 6.45) is 1.77. The van der Waals surface area contributed by atoms with E-state index in [1.165, 1.54) is 4.31 Å². The molecule has 0 spiro atoms. The van der Waals surface area contributed by atoms with Gasteiger partial charge in [-0.1, -0.05) is 24.3 Å². The van der Waals surface area contributed by atoms with E-state index in [1.807, 2.05) is 25.2 Å². The minimum Gasteiger partial charge on any atom is -0.316 e. The zero-order chi connectivity index (χ0) is 16.7. The Labute approximate surface area is 140 Å². The lowest BCUT2D eigenvalue weighted by atomic mass is 10.1. The number of nitrogens with zero attached hydrogens (tertiary/aromatic N) is 3. The average molecular weight is 340 g/mol. The monoisotopic (exact) mass is 340 g/mol. The van der Waals surface area contributed by atoms with Crippen LogP contribution in [-0.2, 0) is 16.6 Å². The van der Waals surface area contributed by atoms with E-state index in [-0.39, 0.29) is 4.90 Å². The van der Waals surface area contributed by atoms with Gasteiger partial charge < -0.3 is 5.32 Å². The van der Waals surface area contributed by atoms with Crippen molar-refractivity contribution in [3.63, 3.8) is 0 Å². The van der Waals surface area contributed by atoms with Crippen molar-refractivity contribution in [3.8, 4) is 5.69 Å². The number of nitrogens with one attached hydrogen (secondary N) is 1. The molecular formula is C17H16N4O2S. The number of rotatable bonds is 4. The highest BCUT2D eigenvalue weighted by Crippen LogP contribution is 2.39. The summed E-state index contributed by atoms with van der Waals surface area (Å²) < 4.78 is 29.4. The molecule has 1 aliphatic heterocycles. The molecule has 0 amide bonds. The molecule has 0 saturated heterocycles. The SMILES string of the molecule is CNCc1ccc2c(c1)N(S(=O)(=O)c1ccccc1)c1ccn-2n1. The van der Waals surface area contributed by atoms with Gasteiger partial charge in [0.05, 0.1) is 16.3 Å². The predicted octanol–water partition coefficient (Wildman–Crippen LogP) is 2.43. The smallest absolute Gasteiger partial charge is 0.270 e. The van der Waals surface area contributed by atoms with Gasteiger partial charge in [0.1, 0.15) is 0 Å². The van der Waals surface area contributed by atoms with E-state index in [2.05, 4.69) is 10.4 Å². The maximum atomic E-state index is 13.2. The Kier molecular flexibility index (Phi) is 3.40. The van der Waals surface area contributed by atoms with Crippen molar-refractivity contribution in [1.29, 1.82) is 0 Å². The van der Waals surface area contributed by atoms with Gasteiger partial charge in [-0.2, -0.15) is 0 Å². The first-order valence-electron chi connectivity index (χ1n) is 7.55. The molecule has 0 saturated carbocycles. The lowest BCUT2D eigenvalue weighted by molar-refractivity contribution is 0.595. The Bertz CT molecular complexity index is 996. The molecule has 2 heterocycles. The second kappa shape index (κ2) is 5.47. The van der Waals surface area contributed by atoms with Crippen molar-refractivity contribution in [1.82, 2.24) is 15.1 Å². The van der Waals surface area contributed by atoms with Gasteiger partial charge in [0.25, 0.3) is 10.0 Å². The van der Waals surface area contributed by atoms with E-state index in [9.17, 15) is 8.42 Å². The summed E-state index contributed by atoms with van der Waals surface area (Å²) in [6, 6.07) is 15.9. The van der Waals surface area contributed by atoms with Crippen molar-refractivity contribution in [3.05, 3.63) is 66.4 Å². The van der Waals surface area contributed by atoms with Crippen molar-refractivity contribution >= 4 is 21.5 Å². The number of fused-ring (bicyclic) bond motifs is 4. The Balaban J connectivity index is 1.93. The quantitative estimate of drug-likeness (QED) is 0.792. The molecular weight excluding hydrogens is 324 g/mol. The fourth-order valence-corrected chi connectivity index (χ4v) is 4.33. The summed E-state index contributed by atoms with van der Waals surface area (Å²) >= 11 is 0. The molecule has 24 heavy (non-hydrogen) atoms. The van der Waals surface area contributed by atoms with Crippen LogP contribution in [0.15, 0.2) is 65.7 Å². The van der Waals surface area contributed by atoms with E-state index in [0.29, 0.717) is 18.1 Å². The molecule has 0 radical (unpaired) electrons. The van der Waals surface area contributed by atoms with Crippen LogP contribution in [0.2, 0.25) is 0 Å². The van der Waals surface area contributed by atoms with E-state index in [0.717, 1.165) is 11.3 Å². The van der Waals surface area contributed by atoms with Gasteiger partial charge >= 0.3 is 0 Å². The predicted molar refractivity (Wildman–Crippen MR) is 92.1 cm³/mol. The number of hydrogen-bond donors (Lipinski definition) is 1.